The number of piperazine rings is 1. The first-order chi connectivity index (χ1) is 15.1. The number of Topliss-reactive ketones (excluding diaryl/α,β-unsaturated/α-hetero) is 1. The number of hydrogen-bond donors (Lipinski definition) is 1. The van der Waals surface area contributed by atoms with E-state index in [1.807, 2.05) is 13.0 Å². The van der Waals surface area contributed by atoms with Crippen LogP contribution in [0, 0.1) is 0 Å². The lowest BCUT2D eigenvalue weighted by atomic mass is 10.1. The number of carbonyl (C=O) groups is 1. The number of carbonyl (C=O) groups excluding carboxylic acids is 1. The first-order valence-corrected chi connectivity index (χ1v) is 10.9. The Hall–Kier alpha value is -2.61. The molecule has 1 atom stereocenters. The highest BCUT2D eigenvalue weighted by Crippen LogP contribution is 2.32. The van der Waals surface area contributed by atoms with Crippen LogP contribution < -0.4 is 14.2 Å². The van der Waals surface area contributed by atoms with Crippen molar-refractivity contribution in [2.75, 3.05) is 46.1 Å². The van der Waals surface area contributed by atoms with Gasteiger partial charge in [-0.2, -0.15) is 0 Å². The molecular formula is C24H30N2O5. The van der Waals surface area contributed by atoms with Crippen molar-refractivity contribution in [3.63, 3.8) is 0 Å². The molecule has 0 aromatic heterocycles. The number of fused-ring (bicyclic) bond motifs is 1. The van der Waals surface area contributed by atoms with E-state index in [-0.39, 0.29) is 12.4 Å². The van der Waals surface area contributed by atoms with E-state index in [1.165, 1.54) is 5.56 Å². The number of aliphatic hydroxyl groups excluding tert-OH is 1. The second-order valence-electron chi connectivity index (χ2n) is 8.03. The smallest absolute Gasteiger partial charge is 0.231 e. The lowest BCUT2D eigenvalue weighted by Gasteiger charge is -2.35. The summed E-state index contributed by atoms with van der Waals surface area (Å²) in [6.07, 6.45) is -0.0690. The summed E-state index contributed by atoms with van der Waals surface area (Å²) in [5.41, 5.74) is 1.91. The molecule has 2 aliphatic rings. The average molecular weight is 427 g/mol. The minimum Gasteiger partial charge on any atom is -0.491 e. The van der Waals surface area contributed by atoms with E-state index in [9.17, 15) is 9.90 Å². The molecule has 0 aliphatic carbocycles. The van der Waals surface area contributed by atoms with Gasteiger partial charge in [0.15, 0.2) is 17.3 Å². The van der Waals surface area contributed by atoms with E-state index in [0.717, 1.165) is 44.2 Å². The van der Waals surface area contributed by atoms with Gasteiger partial charge in [0.05, 0.1) is 0 Å². The van der Waals surface area contributed by atoms with E-state index in [2.05, 4.69) is 21.9 Å². The van der Waals surface area contributed by atoms with E-state index in [1.54, 1.807) is 24.3 Å². The van der Waals surface area contributed by atoms with Gasteiger partial charge in [-0.05, 0) is 42.0 Å². The summed E-state index contributed by atoms with van der Waals surface area (Å²) in [7, 11) is 0. The Kier molecular flexibility index (Phi) is 7.06. The lowest BCUT2D eigenvalue weighted by molar-refractivity contribution is 0.0446. The average Bonchev–Trinajstić information content (AvgIpc) is 3.27. The zero-order chi connectivity index (χ0) is 21.6. The molecule has 2 aromatic rings. The molecule has 0 saturated carbocycles. The Morgan fingerprint density at radius 2 is 1.74 bits per heavy atom. The molecule has 2 aliphatic heterocycles. The molecule has 2 heterocycles. The Morgan fingerprint density at radius 3 is 2.48 bits per heavy atom. The third-order valence-corrected chi connectivity index (χ3v) is 5.72. The first-order valence-electron chi connectivity index (χ1n) is 10.9. The van der Waals surface area contributed by atoms with Gasteiger partial charge in [0.2, 0.25) is 6.79 Å². The maximum atomic E-state index is 11.7. The third kappa shape index (κ3) is 5.76. The number of aliphatic hydroxyl groups is 1. The summed E-state index contributed by atoms with van der Waals surface area (Å²) in [6.45, 7) is 7.58. The van der Waals surface area contributed by atoms with Crippen LogP contribution in [-0.2, 0) is 6.54 Å². The highest BCUT2D eigenvalue weighted by atomic mass is 16.7. The topological polar surface area (TPSA) is 71.5 Å². The Labute approximate surface area is 183 Å². The molecule has 2 aromatic carbocycles. The van der Waals surface area contributed by atoms with Crippen LogP contribution in [0.1, 0.15) is 29.3 Å². The molecule has 0 unspecified atom stereocenters. The first kappa shape index (κ1) is 21.6. The van der Waals surface area contributed by atoms with Crippen LogP contribution in [0.4, 0.5) is 0 Å². The predicted octanol–water partition coefficient (Wildman–Crippen LogP) is 2.57. The van der Waals surface area contributed by atoms with E-state index in [4.69, 9.17) is 14.2 Å². The van der Waals surface area contributed by atoms with Crippen molar-refractivity contribution in [2.24, 2.45) is 0 Å². The molecular weight excluding hydrogens is 396 g/mol. The monoisotopic (exact) mass is 426 g/mol. The number of hydrogen-bond acceptors (Lipinski definition) is 7. The maximum absolute atomic E-state index is 11.7. The van der Waals surface area contributed by atoms with Crippen molar-refractivity contribution in [3.8, 4) is 17.2 Å². The standard InChI is InChI=1S/C24H30N2O5/c1-2-22(28)19-4-6-21(7-5-19)29-16-20(27)15-26-11-9-25(10-12-26)14-18-3-8-23-24(13-18)31-17-30-23/h3-8,13,20,27H,2,9-12,14-17H2,1H3/t20-/m0/s1. The molecule has 0 amide bonds. The molecule has 4 rings (SSSR count). The van der Waals surface area contributed by atoms with E-state index in [0.29, 0.717) is 31.1 Å². The molecule has 0 bridgehead atoms. The molecule has 1 saturated heterocycles. The molecule has 31 heavy (non-hydrogen) atoms. The normalized spacial score (nSPS) is 17.5. The van der Waals surface area contributed by atoms with Crippen molar-refractivity contribution in [1.82, 2.24) is 9.80 Å². The Bertz CT molecular complexity index is 878. The minimum absolute atomic E-state index is 0.115. The van der Waals surface area contributed by atoms with Gasteiger partial charge in [-0.25, -0.2) is 0 Å². The number of benzene rings is 2. The molecule has 0 radical (unpaired) electrons. The summed E-state index contributed by atoms with van der Waals surface area (Å²) in [5.74, 6) is 2.42. The summed E-state index contributed by atoms with van der Waals surface area (Å²) in [6, 6.07) is 13.2. The van der Waals surface area contributed by atoms with Gasteiger partial charge in [-0.1, -0.05) is 13.0 Å². The zero-order valence-corrected chi connectivity index (χ0v) is 18.0. The van der Waals surface area contributed by atoms with E-state index >= 15 is 0 Å². The van der Waals surface area contributed by atoms with Crippen LogP contribution >= 0.6 is 0 Å². The van der Waals surface area contributed by atoms with Crippen LogP contribution in [0.5, 0.6) is 17.2 Å². The van der Waals surface area contributed by atoms with Crippen molar-refractivity contribution < 1.29 is 24.1 Å². The largest absolute Gasteiger partial charge is 0.491 e. The molecule has 7 nitrogen and oxygen atoms in total. The summed E-state index contributed by atoms with van der Waals surface area (Å²) < 4.78 is 16.5. The third-order valence-electron chi connectivity index (χ3n) is 5.72. The molecule has 7 heteroatoms. The number of ether oxygens (including phenoxy) is 3. The Balaban J connectivity index is 1.17. The predicted molar refractivity (Wildman–Crippen MR) is 117 cm³/mol. The molecule has 1 N–H and O–H groups in total. The number of rotatable bonds is 9. The summed E-state index contributed by atoms with van der Waals surface area (Å²) in [5, 5.41) is 10.4. The highest BCUT2D eigenvalue weighted by Gasteiger charge is 2.21. The molecule has 1 fully saturated rings. The van der Waals surface area contributed by atoms with Crippen LogP contribution in [0.3, 0.4) is 0 Å². The second kappa shape index (κ2) is 10.1. The number of ketones is 1. The van der Waals surface area contributed by atoms with Gasteiger partial charge < -0.3 is 19.3 Å². The van der Waals surface area contributed by atoms with Crippen LogP contribution in [0.15, 0.2) is 42.5 Å². The van der Waals surface area contributed by atoms with Gasteiger partial charge in [-0.3, -0.25) is 14.6 Å². The second-order valence-corrected chi connectivity index (χ2v) is 8.03. The highest BCUT2D eigenvalue weighted by molar-refractivity contribution is 5.95. The van der Waals surface area contributed by atoms with Crippen molar-refractivity contribution in [1.29, 1.82) is 0 Å². The molecule has 0 spiro atoms. The summed E-state index contributed by atoms with van der Waals surface area (Å²) >= 11 is 0. The van der Waals surface area contributed by atoms with Gasteiger partial charge in [-0.15, -0.1) is 0 Å². The SMILES string of the molecule is CCC(=O)c1ccc(OC[C@@H](O)CN2CCN(Cc3ccc4c(c3)OCO4)CC2)cc1. The minimum atomic E-state index is -0.558. The molecule has 166 valence electrons. The maximum Gasteiger partial charge on any atom is 0.231 e. The lowest BCUT2D eigenvalue weighted by Crippen LogP contribution is -2.48. The summed E-state index contributed by atoms with van der Waals surface area (Å²) in [4.78, 5) is 16.4. The van der Waals surface area contributed by atoms with Gasteiger partial charge in [0.1, 0.15) is 18.5 Å². The van der Waals surface area contributed by atoms with Crippen molar-refractivity contribution in [2.45, 2.75) is 26.0 Å². The fourth-order valence-corrected chi connectivity index (χ4v) is 3.91. The fraction of sp³-hybridized carbons (Fsp3) is 0.458. The van der Waals surface area contributed by atoms with Crippen LogP contribution in [-0.4, -0.2) is 72.9 Å². The van der Waals surface area contributed by atoms with Crippen LogP contribution in [0.2, 0.25) is 0 Å². The van der Waals surface area contributed by atoms with Crippen LogP contribution in [0.25, 0.3) is 0 Å². The fourth-order valence-electron chi connectivity index (χ4n) is 3.91. The number of nitrogens with zero attached hydrogens (tertiary/aromatic N) is 2. The van der Waals surface area contributed by atoms with E-state index < -0.39 is 6.10 Å². The van der Waals surface area contributed by atoms with Crippen molar-refractivity contribution in [3.05, 3.63) is 53.6 Å². The van der Waals surface area contributed by atoms with Crippen molar-refractivity contribution >= 4 is 5.78 Å². The quantitative estimate of drug-likeness (QED) is 0.618. The zero-order valence-electron chi connectivity index (χ0n) is 18.0. The van der Waals surface area contributed by atoms with Gasteiger partial charge in [0.25, 0.3) is 0 Å². The Morgan fingerprint density at radius 1 is 1.03 bits per heavy atom. The van der Waals surface area contributed by atoms with Gasteiger partial charge in [0, 0.05) is 51.3 Å². The van der Waals surface area contributed by atoms with Gasteiger partial charge >= 0.3 is 0 Å². The number of β-amino-alcohol motifs (C(OH)–C–C–N with tert-alkyl or cyclic N) is 1.